The fourth-order valence-corrected chi connectivity index (χ4v) is 2.83. The molecule has 1 aromatic carbocycles. The predicted molar refractivity (Wildman–Crippen MR) is 87.8 cm³/mol. The summed E-state index contributed by atoms with van der Waals surface area (Å²) in [6.07, 6.45) is 1.73. The number of ether oxygens (including phenoxy) is 1. The number of carbonyl (C=O) groups is 1. The third-order valence-electron chi connectivity index (χ3n) is 3.80. The van der Waals surface area contributed by atoms with Gasteiger partial charge < -0.3 is 9.64 Å². The summed E-state index contributed by atoms with van der Waals surface area (Å²) in [4.78, 5) is 14.4. The van der Waals surface area contributed by atoms with Crippen LogP contribution in [0.25, 0.3) is 0 Å². The zero-order valence-electron chi connectivity index (χ0n) is 12.9. The van der Waals surface area contributed by atoms with Crippen molar-refractivity contribution in [2.24, 2.45) is 0 Å². The Morgan fingerprint density at radius 3 is 2.91 bits per heavy atom. The molecule has 1 aliphatic rings. The van der Waals surface area contributed by atoms with Gasteiger partial charge in [-0.05, 0) is 44.0 Å². The van der Waals surface area contributed by atoms with E-state index in [9.17, 15) is 4.79 Å². The minimum absolute atomic E-state index is 0.0178. The Kier molecular flexibility index (Phi) is 4.76. The van der Waals surface area contributed by atoms with Crippen molar-refractivity contribution in [3.8, 4) is 5.88 Å². The summed E-state index contributed by atoms with van der Waals surface area (Å²) >= 11 is 5.97. The second-order valence-corrected chi connectivity index (χ2v) is 6.09. The van der Waals surface area contributed by atoms with Crippen molar-refractivity contribution in [3.63, 3.8) is 0 Å². The van der Waals surface area contributed by atoms with Gasteiger partial charge in [-0.2, -0.15) is 5.10 Å². The Hall–Kier alpha value is -2.14. The molecule has 1 amide bonds. The monoisotopic (exact) mass is 331 g/mol. The lowest BCUT2D eigenvalue weighted by molar-refractivity contribution is 0.0525. The Morgan fingerprint density at radius 2 is 2.17 bits per heavy atom. The Labute approximate surface area is 140 Å². The van der Waals surface area contributed by atoms with Crippen molar-refractivity contribution in [2.75, 3.05) is 13.1 Å². The number of piperidine rings is 1. The molecule has 2 aromatic rings. The number of carbonyl (C=O) groups excluding carboxylic acids is 1. The highest BCUT2D eigenvalue weighted by Gasteiger charge is 2.26. The van der Waals surface area contributed by atoms with Gasteiger partial charge in [0.2, 0.25) is 5.88 Å². The molecule has 6 heteroatoms. The Morgan fingerprint density at radius 1 is 1.30 bits per heavy atom. The molecule has 1 unspecified atom stereocenters. The highest BCUT2D eigenvalue weighted by atomic mass is 35.5. The van der Waals surface area contributed by atoms with Gasteiger partial charge in [0.15, 0.2) is 0 Å². The average Bonchev–Trinajstić information content (AvgIpc) is 2.56. The largest absolute Gasteiger partial charge is 0.471 e. The summed E-state index contributed by atoms with van der Waals surface area (Å²) < 4.78 is 5.86. The van der Waals surface area contributed by atoms with Gasteiger partial charge in [0.25, 0.3) is 5.91 Å². The fourth-order valence-electron chi connectivity index (χ4n) is 2.64. The number of amides is 1. The minimum atomic E-state index is -0.0658. The molecular weight excluding hydrogens is 314 g/mol. The first-order chi connectivity index (χ1) is 11.1. The molecule has 0 spiro atoms. The molecule has 5 nitrogen and oxygen atoms in total. The maximum absolute atomic E-state index is 12.6. The highest BCUT2D eigenvalue weighted by molar-refractivity contribution is 6.30. The van der Waals surface area contributed by atoms with Crippen molar-refractivity contribution < 1.29 is 9.53 Å². The molecule has 1 fully saturated rings. The van der Waals surface area contributed by atoms with Gasteiger partial charge in [-0.15, -0.1) is 5.10 Å². The minimum Gasteiger partial charge on any atom is -0.471 e. The maximum atomic E-state index is 12.6. The van der Waals surface area contributed by atoms with Gasteiger partial charge in [-0.3, -0.25) is 4.79 Å². The van der Waals surface area contributed by atoms with Crippen molar-refractivity contribution in [1.29, 1.82) is 0 Å². The summed E-state index contributed by atoms with van der Waals surface area (Å²) in [5.41, 5.74) is 1.45. The highest BCUT2D eigenvalue weighted by Crippen LogP contribution is 2.19. The number of benzene rings is 1. The van der Waals surface area contributed by atoms with E-state index in [2.05, 4.69) is 10.2 Å². The fraction of sp³-hybridized carbons (Fsp3) is 0.353. The standard InChI is InChI=1S/C17H18ClN3O2/c1-12-7-8-16(20-19-12)23-15-6-3-9-21(11-15)17(22)13-4-2-5-14(18)10-13/h2,4-5,7-8,10,15H,3,6,9,11H2,1H3. The maximum Gasteiger partial charge on any atom is 0.254 e. The van der Waals surface area contributed by atoms with Crippen LogP contribution < -0.4 is 4.74 Å². The van der Waals surface area contributed by atoms with Gasteiger partial charge in [-0.1, -0.05) is 17.7 Å². The van der Waals surface area contributed by atoms with Crippen LogP contribution in [0.4, 0.5) is 0 Å². The van der Waals surface area contributed by atoms with E-state index in [0.29, 0.717) is 23.0 Å². The molecule has 0 bridgehead atoms. The number of hydrogen-bond acceptors (Lipinski definition) is 4. The normalized spacial score (nSPS) is 17.8. The first kappa shape index (κ1) is 15.7. The number of nitrogens with zero attached hydrogens (tertiary/aromatic N) is 3. The summed E-state index contributed by atoms with van der Waals surface area (Å²) in [6, 6.07) is 10.7. The van der Waals surface area contributed by atoms with Gasteiger partial charge in [0.1, 0.15) is 6.10 Å². The number of aromatic nitrogens is 2. The molecule has 0 radical (unpaired) electrons. The van der Waals surface area contributed by atoms with Crippen LogP contribution in [0.5, 0.6) is 5.88 Å². The van der Waals surface area contributed by atoms with E-state index >= 15 is 0 Å². The van der Waals surface area contributed by atoms with E-state index < -0.39 is 0 Å². The van der Waals surface area contributed by atoms with Crippen molar-refractivity contribution in [1.82, 2.24) is 15.1 Å². The Balaban J connectivity index is 1.66. The van der Waals surface area contributed by atoms with Crippen LogP contribution >= 0.6 is 11.6 Å². The topological polar surface area (TPSA) is 55.3 Å². The van der Waals surface area contributed by atoms with Crippen LogP contribution in [0.3, 0.4) is 0 Å². The van der Waals surface area contributed by atoms with Gasteiger partial charge >= 0.3 is 0 Å². The SMILES string of the molecule is Cc1ccc(OC2CCCN(C(=O)c3cccc(Cl)c3)C2)nn1. The van der Waals surface area contributed by atoms with E-state index in [1.807, 2.05) is 13.0 Å². The zero-order chi connectivity index (χ0) is 16.2. The zero-order valence-corrected chi connectivity index (χ0v) is 13.7. The predicted octanol–water partition coefficient (Wildman–Crippen LogP) is 3.12. The van der Waals surface area contributed by atoms with Crippen LogP contribution in [0.15, 0.2) is 36.4 Å². The van der Waals surface area contributed by atoms with Gasteiger partial charge in [0, 0.05) is 23.2 Å². The number of halogens is 1. The number of rotatable bonds is 3. The molecule has 1 aromatic heterocycles. The summed E-state index contributed by atoms with van der Waals surface area (Å²) in [5, 5.41) is 8.57. The second kappa shape index (κ2) is 6.96. The van der Waals surface area contributed by atoms with Crippen LogP contribution in [0.2, 0.25) is 5.02 Å². The number of likely N-dealkylation sites (tertiary alicyclic amines) is 1. The van der Waals surface area contributed by atoms with E-state index in [0.717, 1.165) is 25.1 Å². The number of aryl methyl sites for hydroxylation is 1. The van der Waals surface area contributed by atoms with Gasteiger partial charge in [0.05, 0.1) is 12.2 Å². The summed E-state index contributed by atoms with van der Waals surface area (Å²) in [7, 11) is 0. The molecule has 2 heterocycles. The lowest BCUT2D eigenvalue weighted by Crippen LogP contribution is -2.44. The summed E-state index contributed by atoms with van der Waals surface area (Å²) in [6.45, 7) is 3.15. The van der Waals surface area contributed by atoms with Crippen LogP contribution in [-0.2, 0) is 0 Å². The molecule has 1 atom stereocenters. The van der Waals surface area contributed by atoms with E-state index in [-0.39, 0.29) is 12.0 Å². The molecular formula is C17H18ClN3O2. The Bertz CT molecular complexity index is 690. The molecule has 3 rings (SSSR count). The van der Waals surface area contributed by atoms with E-state index in [1.54, 1.807) is 35.2 Å². The van der Waals surface area contributed by atoms with Crippen molar-refractivity contribution in [2.45, 2.75) is 25.9 Å². The first-order valence-corrected chi connectivity index (χ1v) is 8.01. The molecule has 0 saturated carbocycles. The molecule has 0 aliphatic carbocycles. The van der Waals surface area contributed by atoms with Crippen LogP contribution in [0, 0.1) is 6.92 Å². The van der Waals surface area contributed by atoms with E-state index in [4.69, 9.17) is 16.3 Å². The molecule has 0 N–H and O–H groups in total. The lowest BCUT2D eigenvalue weighted by atomic mass is 10.1. The molecule has 23 heavy (non-hydrogen) atoms. The number of hydrogen-bond donors (Lipinski definition) is 0. The van der Waals surface area contributed by atoms with Crippen LogP contribution in [-0.4, -0.2) is 40.2 Å². The quantitative estimate of drug-likeness (QED) is 0.867. The van der Waals surface area contributed by atoms with E-state index in [1.165, 1.54) is 0 Å². The molecule has 1 aliphatic heterocycles. The van der Waals surface area contributed by atoms with Gasteiger partial charge in [-0.25, -0.2) is 0 Å². The smallest absolute Gasteiger partial charge is 0.254 e. The lowest BCUT2D eigenvalue weighted by Gasteiger charge is -2.32. The summed E-state index contributed by atoms with van der Waals surface area (Å²) in [5.74, 6) is 0.480. The molecule has 1 saturated heterocycles. The average molecular weight is 332 g/mol. The third-order valence-corrected chi connectivity index (χ3v) is 4.03. The molecule has 120 valence electrons. The third kappa shape index (κ3) is 3.99. The van der Waals surface area contributed by atoms with Crippen molar-refractivity contribution in [3.05, 3.63) is 52.7 Å². The van der Waals surface area contributed by atoms with Crippen LogP contribution in [0.1, 0.15) is 28.9 Å². The first-order valence-electron chi connectivity index (χ1n) is 7.63. The van der Waals surface area contributed by atoms with Crippen molar-refractivity contribution >= 4 is 17.5 Å². The second-order valence-electron chi connectivity index (χ2n) is 5.66.